The van der Waals surface area contributed by atoms with Crippen molar-refractivity contribution in [3.8, 4) is 0 Å². The molecule has 0 aliphatic rings. The van der Waals surface area contributed by atoms with Crippen LogP contribution in [0.15, 0.2) is 40.2 Å². The second-order valence-electron chi connectivity index (χ2n) is 4.21. The summed E-state index contributed by atoms with van der Waals surface area (Å²) in [5, 5.41) is 16.3. The molecule has 0 spiro atoms. The zero-order chi connectivity index (χ0) is 15.2. The largest absolute Gasteiger partial charge is 0.478 e. The Labute approximate surface area is 134 Å². The zero-order valence-electron chi connectivity index (χ0n) is 10.9. The fraction of sp³-hybridized carbons (Fsp3) is 0.143. The van der Waals surface area contributed by atoms with E-state index in [9.17, 15) is 9.59 Å². The number of thiophene rings is 1. The van der Waals surface area contributed by atoms with Gasteiger partial charge < -0.3 is 15.7 Å². The molecule has 1 heterocycles. The number of carboxylic acids is 1. The quantitative estimate of drug-likeness (QED) is 0.754. The number of anilines is 1. The molecular weight excluding hydrogens is 356 g/mol. The summed E-state index contributed by atoms with van der Waals surface area (Å²) in [6, 6.07) is 8.25. The van der Waals surface area contributed by atoms with E-state index in [1.54, 1.807) is 23.5 Å². The third-order valence-electron chi connectivity index (χ3n) is 2.69. The standard InChI is InChI=1S/C14H13BrN2O3S/c15-12-4-3-9(8-11(12)13(18)19)17-14(20)16-6-5-10-2-1-7-21-10/h1-4,7-8H,5-6H2,(H,18,19)(H2,16,17,20). The predicted molar refractivity (Wildman–Crippen MR) is 86.1 cm³/mol. The van der Waals surface area contributed by atoms with Crippen LogP contribution < -0.4 is 10.6 Å². The van der Waals surface area contributed by atoms with Crippen molar-refractivity contribution in [1.82, 2.24) is 5.32 Å². The molecule has 0 aliphatic heterocycles. The summed E-state index contributed by atoms with van der Waals surface area (Å²) in [4.78, 5) is 23.9. The van der Waals surface area contributed by atoms with E-state index in [2.05, 4.69) is 26.6 Å². The number of carbonyl (C=O) groups excluding carboxylic acids is 1. The molecule has 1 aromatic heterocycles. The molecule has 0 unspecified atom stereocenters. The Morgan fingerprint density at radius 2 is 2.10 bits per heavy atom. The van der Waals surface area contributed by atoms with Crippen LogP contribution >= 0.6 is 27.3 Å². The molecule has 0 saturated carbocycles. The lowest BCUT2D eigenvalue weighted by Crippen LogP contribution is -2.30. The van der Waals surface area contributed by atoms with E-state index in [-0.39, 0.29) is 11.6 Å². The van der Waals surface area contributed by atoms with E-state index < -0.39 is 5.97 Å². The van der Waals surface area contributed by atoms with Gasteiger partial charge in [0, 0.05) is 21.6 Å². The second kappa shape index (κ2) is 7.24. The van der Waals surface area contributed by atoms with Gasteiger partial charge in [-0.15, -0.1) is 11.3 Å². The molecule has 0 fully saturated rings. The Morgan fingerprint density at radius 3 is 2.76 bits per heavy atom. The summed E-state index contributed by atoms with van der Waals surface area (Å²) in [5.74, 6) is -1.05. The molecule has 3 N–H and O–H groups in total. The molecule has 5 nitrogen and oxygen atoms in total. The molecule has 1 aromatic carbocycles. The van der Waals surface area contributed by atoms with Crippen LogP contribution in [-0.2, 0) is 6.42 Å². The van der Waals surface area contributed by atoms with Crippen LogP contribution in [0.25, 0.3) is 0 Å². The maximum atomic E-state index is 11.7. The number of nitrogens with one attached hydrogen (secondary N) is 2. The van der Waals surface area contributed by atoms with Gasteiger partial charge in [-0.3, -0.25) is 0 Å². The summed E-state index contributed by atoms with van der Waals surface area (Å²) in [6.45, 7) is 0.522. The molecule has 110 valence electrons. The average molecular weight is 369 g/mol. The lowest BCUT2D eigenvalue weighted by atomic mass is 10.2. The second-order valence-corrected chi connectivity index (χ2v) is 6.10. The molecule has 0 bridgehead atoms. The van der Waals surface area contributed by atoms with Crippen LogP contribution in [0, 0.1) is 0 Å². The SMILES string of the molecule is O=C(NCCc1cccs1)Nc1ccc(Br)c(C(=O)O)c1. The van der Waals surface area contributed by atoms with Crippen LogP contribution in [0.2, 0.25) is 0 Å². The Morgan fingerprint density at radius 1 is 1.29 bits per heavy atom. The first-order chi connectivity index (χ1) is 10.1. The fourth-order valence-corrected chi connectivity index (χ4v) is 2.82. The lowest BCUT2D eigenvalue weighted by Gasteiger charge is -2.08. The highest BCUT2D eigenvalue weighted by Gasteiger charge is 2.10. The first-order valence-electron chi connectivity index (χ1n) is 6.16. The molecule has 0 atom stereocenters. The van der Waals surface area contributed by atoms with E-state index in [4.69, 9.17) is 5.11 Å². The summed E-state index contributed by atoms with van der Waals surface area (Å²) >= 11 is 4.80. The van der Waals surface area contributed by atoms with Crippen LogP contribution in [0.5, 0.6) is 0 Å². The summed E-state index contributed by atoms with van der Waals surface area (Å²) in [7, 11) is 0. The van der Waals surface area contributed by atoms with Gasteiger partial charge in [0.2, 0.25) is 0 Å². The normalized spacial score (nSPS) is 10.1. The van der Waals surface area contributed by atoms with Crippen molar-refractivity contribution in [2.45, 2.75) is 6.42 Å². The van der Waals surface area contributed by atoms with Crippen molar-refractivity contribution in [2.75, 3.05) is 11.9 Å². The van der Waals surface area contributed by atoms with E-state index in [0.717, 1.165) is 6.42 Å². The minimum Gasteiger partial charge on any atom is -0.478 e. The van der Waals surface area contributed by atoms with Gasteiger partial charge in [0.15, 0.2) is 0 Å². The van der Waals surface area contributed by atoms with Gasteiger partial charge in [0.1, 0.15) is 0 Å². The number of halogens is 1. The van der Waals surface area contributed by atoms with Gasteiger partial charge in [0.25, 0.3) is 0 Å². The summed E-state index contributed by atoms with van der Waals surface area (Å²) in [6.07, 6.45) is 0.770. The Balaban J connectivity index is 1.87. The molecule has 0 aliphatic carbocycles. The number of urea groups is 1. The number of carboxylic acid groups (broad SMARTS) is 1. The average Bonchev–Trinajstić information content (AvgIpc) is 2.94. The van der Waals surface area contributed by atoms with E-state index >= 15 is 0 Å². The van der Waals surface area contributed by atoms with Crippen molar-refractivity contribution in [2.24, 2.45) is 0 Å². The lowest BCUT2D eigenvalue weighted by molar-refractivity contribution is 0.0696. The van der Waals surface area contributed by atoms with Crippen molar-refractivity contribution < 1.29 is 14.7 Å². The molecule has 2 rings (SSSR count). The van der Waals surface area contributed by atoms with Gasteiger partial charge in [-0.1, -0.05) is 6.07 Å². The van der Waals surface area contributed by atoms with Crippen LogP contribution in [0.1, 0.15) is 15.2 Å². The molecule has 2 aromatic rings. The maximum Gasteiger partial charge on any atom is 0.336 e. The number of amides is 2. The Bertz CT molecular complexity index is 644. The summed E-state index contributed by atoms with van der Waals surface area (Å²) in [5.41, 5.74) is 0.538. The monoisotopic (exact) mass is 368 g/mol. The smallest absolute Gasteiger partial charge is 0.336 e. The zero-order valence-corrected chi connectivity index (χ0v) is 13.3. The maximum absolute atomic E-state index is 11.7. The van der Waals surface area contributed by atoms with Crippen molar-refractivity contribution in [1.29, 1.82) is 0 Å². The fourth-order valence-electron chi connectivity index (χ4n) is 1.70. The number of benzene rings is 1. The molecule has 21 heavy (non-hydrogen) atoms. The van der Waals surface area contributed by atoms with Crippen LogP contribution in [0.4, 0.5) is 10.5 Å². The number of rotatable bonds is 5. The van der Waals surface area contributed by atoms with Gasteiger partial charge in [0.05, 0.1) is 5.56 Å². The highest BCUT2D eigenvalue weighted by Crippen LogP contribution is 2.21. The van der Waals surface area contributed by atoms with Crippen LogP contribution in [0.3, 0.4) is 0 Å². The van der Waals surface area contributed by atoms with Gasteiger partial charge in [-0.05, 0) is 52.0 Å². The first-order valence-corrected chi connectivity index (χ1v) is 7.83. The molecule has 7 heteroatoms. The minimum atomic E-state index is -1.05. The van der Waals surface area contributed by atoms with Crippen molar-refractivity contribution in [3.05, 3.63) is 50.6 Å². The highest BCUT2D eigenvalue weighted by atomic mass is 79.9. The highest BCUT2D eigenvalue weighted by molar-refractivity contribution is 9.10. The summed E-state index contributed by atoms with van der Waals surface area (Å²) < 4.78 is 0.471. The Kier molecular flexibility index (Phi) is 5.35. The molecule has 0 saturated heterocycles. The molecular formula is C14H13BrN2O3S. The topological polar surface area (TPSA) is 78.4 Å². The van der Waals surface area contributed by atoms with Gasteiger partial charge >= 0.3 is 12.0 Å². The number of aromatic carboxylic acids is 1. The van der Waals surface area contributed by atoms with Gasteiger partial charge in [-0.2, -0.15) is 0 Å². The number of carbonyl (C=O) groups is 2. The third kappa shape index (κ3) is 4.57. The van der Waals surface area contributed by atoms with E-state index in [1.165, 1.54) is 10.9 Å². The van der Waals surface area contributed by atoms with Crippen molar-refractivity contribution in [3.63, 3.8) is 0 Å². The van der Waals surface area contributed by atoms with E-state index in [1.807, 2.05) is 17.5 Å². The van der Waals surface area contributed by atoms with Crippen molar-refractivity contribution >= 4 is 45.0 Å². The number of hydrogen-bond donors (Lipinski definition) is 3. The first kappa shape index (κ1) is 15.5. The predicted octanol–water partition coefficient (Wildman–Crippen LogP) is 3.57. The number of hydrogen-bond acceptors (Lipinski definition) is 3. The van der Waals surface area contributed by atoms with Crippen LogP contribution in [-0.4, -0.2) is 23.7 Å². The third-order valence-corrected chi connectivity index (χ3v) is 4.32. The molecule has 2 amide bonds. The van der Waals surface area contributed by atoms with Gasteiger partial charge in [-0.25, -0.2) is 9.59 Å². The minimum absolute atomic E-state index is 0.103. The Hall–Kier alpha value is -1.86. The van der Waals surface area contributed by atoms with E-state index in [0.29, 0.717) is 16.7 Å². The molecule has 0 radical (unpaired) electrons.